The van der Waals surface area contributed by atoms with E-state index in [1.807, 2.05) is 36.7 Å². The number of rotatable bonds is 18. The van der Waals surface area contributed by atoms with Crippen LogP contribution >= 0.6 is 12.4 Å². The lowest BCUT2D eigenvalue weighted by Crippen LogP contribution is -2.09. The van der Waals surface area contributed by atoms with E-state index in [9.17, 15) is 4.79 Å². The van der Waals surface area contributed by atoms with Gasteiger partial charge >= 0.3 is 0 Å². The minimum Gasteiger partial charge on any atom is -0.370 e. The number of hydrogen-bond donors (Lipinski definition) is 2. The minimum atomic E-state index is -0.152. The van der Waals surface area contributed by atoms with Crippen LogP contribution in [0.15, 0.2) is 36.7 Å². The van der Waals surface area contributed by atoms with Crippen LogP contribution in [-0.2, 0) is 4.79 Å². The van der Waals surface area contributed by atoms with Gasteiger partial charge in [0.15, 0.2) is 0 Å². The number of halogens is 1. The van der Waals surface area contributed by atoms with E-state index in [-0.39, 0.29) is 18.3 Å². The Balaban J connectivity index is 0. The van der Waals surface area contributed by atoms with Crippen molar-refractivity contribution in [1.29, 1.82) is 0 Å². The Labute approximate surface area is 193 Å². The fraction of sp³-hybridized carbons (Fsp3) is 0.731. The van der Waals surface area contributed by atoms with Gasteiger partial charge in [-0.05, 0) is 18.6 Å². The van der Waals surface area contributed by atoms with E-state index in [1.165, 1.54) is 103 Å². The first-order chi connectivity index (χ1) is 14.3. The molecule has 0 atom stereocenters. The molecule has 1 aliphatic rings. The van der Waals surface area contributed by atoms with Crippen LogP contribution in [0.5, 0.6) is 0 Å². The fourth-order valence-electron chi connectivity index (χ4n) is 3.43. The number of hydrogen-bond acceptors (Lipinski definition) is 2. The molecule has 176 valence electrons. The van der Waals surface area contributed by atoms with E-state index in [0.29, 0.717) is 6.42 Å². The lowest BCUT2D eigenvalue weighted by Gasteiger charge is -2.03. The molecule has 1 aliphatic heterocycles. The summed E-state index contributed by atoms with van der Waals surface area (Å²) in [4.78, 5) is 10.6. The summed E-state index contributed by atoms with van der Waals surface area (Å²) in [7, 11) is 0. The van der Waals surface area contributed by atoms with Crippen molar-refractivity contribution in [2.75, 3.05) is 0 Å². The van der Waals surface area contributed by atoms with Crippen LogP contribution in [-0.4, -0.2) is 5.91 Å². The van der Waals surface area contributed by atoms with Crippen molar-refractivity contribution in [2.45, 2.75) is 122 Å². The van der Waals surface area contributed by atoms with Crippen LogP contribution in [0.4, 0.5) is 0 Å². The van der Waals surface area contributed by atoms with Crippen molar-refractivity contribution in [3.05, 3.63) is 36.7 Å². The summed E-state index contributed by atoms with van der Waals surface area (Å²) in [6.07, 6.45) is 35.4. The van der Waals surface area contributed by atoms with E-state index >= 15 is 0 Å². The second kappa shape index (κ2) is 27.8. The topological polar surface area (TPSA) is 55.1 Å². The van der Waals surface area contributed by atoms with Gasteiger partial charge in [-0.15, -0.1) is 12.4 Å². The molecule has 0 aromatic carbocycles. The molecule has 0 aromatic heterocycles. The van der Waals surface area contributed by atoms with Crippen LogP contribution in [0.2, 0.25) is 0 Å². The van der Waals surface area contributed by atoms with E-state index in [4.69, 9.17) is 5.73 Å². The number of allylic oxidation sites excluding steroid dienone is 4. The van der Waals surface area contributed by atoms with Gasteiger partial charge in [0.05, 0.1) is 0 Å². The Bertz CT molecular complexity index is 419. The zero-order chi connectivity index (χ0) is 21.3. The van der Waals surface area contributed by atoms with Crippen LogP contribution in [0, 0.1) is 0 Å². The normalized spacial score (nSPS) is 11.8. The van der Waals surface area contributed by atoms with Gasteiger partial charge in [0.25, 0.3) is 0 Å². The predicted octanol–water partition coefficient (Wildman–Crippen LogP) is 8.11. The molecule has 1 rings (SSSR count). The first kappa shape index (κ1) is 31.0. The fourth-order valence-corrected chi connectivity index (χ4v) is 3.43. The van der Waals surface area contributed by atoms with Crippen molar-refractivity contribution < 1.29 is 4.79 Å². The maximum Gasteiger partial charge on any atom is 0.217 e. The second-order valence-corrected chi connectivity index (χ2v) is 8.14. The third-order valence-corrected chi connectivity index (χ3v) is 5.24. The van der Waals surface area contributed by atoms with Gasteiger partial charge in [0.1, 0.15) is 0 Å². The third-order valence-electron chi connectivity index (χ3n) is 5.24. The van der Waals surface area contributed by atoms with Crippen molar-refractivity contribution in [2.24, 2.45) is 5.73 Å². The average molecular weight is 441 g/mol. The molecule has 4 heteroatoms. The number of carbonyl (C=O) groups is 1. The summed E-state index contributed by atoms with van der Waals surface area (Å²) in [5.74, 6) is -0.152. The Hall–Kier alpha value is -1.22. The molecule has 0 saturated carbocycles. The Morgan fingerprint density at radius 3 is 1.27 bits per heavy atom. The maximum atomic E-state index is 10.6. The van der Waals surface area contributed by atoms with Gasteiger partial charge < -0.3 is 11.1 Å². The van der Waals surface area contributed by atoms with Gasteiger partial charge in [0.2, 0.25) is 5.91 Å². The highest BCUT2D eigenvalue weighted by Gasteiger charge is 1.96. The minimum absolute atomic E-state index is 0. The van der Waals surface area contributed by atoms with Crippen LogP contribution in [0.25, 0.3) is 0 Å². The highest BCUT2D eigenvalue weighted by atomic mass is 35.5. The number of nitrogens with one attached hydrogen (secondary N) is 1. The monoisotopic (exact) mass is 440 g/mol. The van der Waals surface area contributed by atoms with Gasteiger partial charge in [-0.3, -0.25) is 4.79 Å². The van der Waals surface area contributed by atoms with Crippen LogP contribution < -0.4 is 11.1 Å². The summed E-state index contributed by atoms with van der Waals surface area (Å²) in [6.45, 7) is 2.28. The summed E-state index contributed by atoms with van der Waals surface area (Å²) in [5, 5.41) is 2.92. The molecule has 0 radical (unpaired) electrons. The standard InChI is InChI=1S/C20H41NO.C6H7N.ClH/c1-2-3-4-5-6-7-8-9-10-11-12-13-14-15-16-17-18-19-20(21)22;1-2-4-6-7-5-3-1;/h2-19H2,1H3,(H2,21,22);1-7H;1H. The third kappa shape index (κ3) is 29.0. The van der Waals surface area contributed by atoms with E-state index in [2.05, 4.69) is 12.2 Å². The highest BCUT2D eigenvalue weighted by Crippen LogP contribution is 2.14. The predicted molar refractivity (Wildman–Crippen MR) is 136 cm³/mol. The summed E-state index contributed by atoms with van der Waals surface area (Å²) in [6, 6.07) is 0. The Morgan fingerprint density at radius 1 is 0.600 bits per heavy atom. The molecule has 0 fully saturated rings. The van der Waals surface area contributed by atoms with Gasteiger partial charge in [-0.1, -0.05) is 122 Å². The summed E-state index contributed by atoms with van der Waals surface area (Å²) < 4.78 is 0. The summed E-state index contributed by atoms with van der Waals surface area (Å²) in [5.41, 5.74) is 5.12. The lowest BCUT2D eigenvalue weighted by molar-refractivity contribution is -0.118. The van der Waals surface area contributed by atoms with Crippen molar-refractivity contribution >= 4 is 18.3 Å². The zero-order valence-corrected chi connectivity index (χ0v) is 20.4. The molecule has 0 aromatic rings. The first-order valence-electron chi connectivity index (χ1n) is 12.3. The largest absolute Gasteiger partial charge is 0.370 e. The van der Waals surface area contributed by atoms with Crippen molar-refractivity contribution in [3.8, 4) is 0 Å². The molecule has 1 amide bonds. The molecule has 30 heavy (non-hydrogen) atoms. The molecule has 3 nitrogen and oxygen atoms in total. The SMILES string of the molecule is C1=CC=CNC=C1.CCCCCCCCCCCCCCCCCCCC(N)=O.Cl. The number of primary amides is 1. The zero-order valence-electron chi connectivity index (χ0n) is 19.6. The Morgan fingerprint density at radius 2 is 0.933 bits per heavy atom. The quantitative estimate of drug-likeness (QED) is 0.211. The number of unbranched alkanes of at least 4 members (excludes halogenated alkanes) is 16. The molecule has 0 bridgehead atoms. The molecule has 0 spiro atoms. The molecule has 0 aliphatic carbocycles. The van der Waals surface area contributed by atoms with Crippen molar-refractivity contribution in [1.82, 2.24) is 5.32 Å². The maximum absolute atomic E-state index is 10.6. The number of amides is 1. The average Bonchev–Trinajstić information content (AvgIpc) is 3.04. The van der Waals surface area contributed by atoms with Crippen LogP contribution in [0.1, 0.15) is 122 Å². The molecule has 0 unspecified atom stereocenters. The Kier molecular flexibility index (Phi) is 28.7. The van der Waals surface area contributed by atoms with E-state index < -0.39 is 0 Å². The first-order valence-corrected chi connectivity index (χ1v) is 12.3. The smallest absolute Gasteiger partial charge is 0.217 e. The van der Waals surface area contributed by atoms with Gasteiger partial charge in [-0.25, -0.2) is 0 Å². The van der Waals surface area contributed by atoms with E-state index in [0.717, 1.165) is 6.42 Å². The van der Waals surface area contributed by atoms with Crippen molar-refractivity contribution in [3.63, 3.8) is 0 Å². The van der Waals surface area contributed by atoms with E-state index in [1.54, 1.807) is 0 Å². The molecule has 1 heterocycles. The summed E-state index contributed by atoms with van der Waals surface area (Å²) >= 11 is 0. The highest BCUT2D eigenvalue weighted by molar-refractivity contribution is 5.85. The molecular formula is C26H49ClN2O. The van der Waals surface area contributed by atoms with Gasteiger partial charge in [0, 0.05) is 18.8 Å². The van der Waals surface area contributed by atoms with Crippen LogP contribution in [0.3, 0.4) is 0 Å². The lowest BCUT2D eigenvalue weighted by atomic mass is 10.0. The molecular weight excluding hydrogens is 392 g/mol. The molecule has 3 N–H and O–H groups in total. The number of nitrogens with two attached hydrogens (primary N) is 1. The van der Waals surface area contributed by atoms with Gasteiger partial charge in [-0.2, -0.15) is 0 Å². The molecule has 0 saturated heterocycles. The second-order valence-electron chi connectivity index (χ2n) is 8.14. The number of carbonyl (C=O) groups excluding carboxylic acids is 1.